The zero-order valence-corrected chi connectivity index (χ0v) is 17.2. The van der Waals surface area contributed by atoms with E-state index in [1.54, 1.807) is 0 Å². The Bertz CT molecular complexity index is 522. The summed E-state index contributed by atoms with van der Waals surface area (Å²) in [6.07, 6.45) is 7.91. The first-order valence-electron chi connectivity index (χ1n) is 10.6. The molecule has 0 aliphatic heterocycles. The molecule has 4 nitrogen and oxygen atoms in total. The van der Waals surface area contributed by atoms with Crippen molar-refractivity contribution in [2.75, 3.05) is 6.61 Å². The highest BCUT2D eigenvalue weighted by Gasteiger charge is 2.58. The van der Waals surface area contributed by atoms with Crippen LogP contribution >= 0.6 is 0 Å². The van der Waals surface area contributed by atoms with Gasteiger partial charge in [-0.1, -0.05) is 13.8 Å². The van der Waals surface area contributed by atoms with Gasteiger partial charge in [-0.25, -0.2) is 0 Å². The summed E-state index contributed by atoms with van der Waals surface area (Å²) in [6, 6.07) is 0. The van der Waals surface area contributed by atoms with E-state index in [2.05, 4.69) is 6.92 Å². The molecule has 0 aromatic heterocycles. The Morgan fingerprint density at radius 1 is 1.04 bits per heavy atom. The lowest BCUT2D eigenvalue weighted by atomic mass is 9.49. The Kier molecular flexibility index (Phi) is 5.43. The minimum atomic E-state index is -0.504. The molecule has 0 spiro atoms. The van der Waals surface area contributed by atoms with Crippen LogP contribution in [0, 0.1) is 35.0 Å². The molecule has 4 rings (SSSR count). The van der Waals surface area contributed by atoms with Crippen molar-refractivity contribution in [3.05, 3.63) is 0 Å². The van der Waals surface area contributed by atoms with Crippen LogP contribution in [0.2, 0.25) is 0 Å². The van der Waals surface area contributed by atoms with Gasteiger partial charge in [-0.3, -0.25) is 9.59 Å². The van der Waals surface area contributed by atoms with Crippen molar-refractivity contribution in [1.82, 2.24) is 0 Å². The lowest BCUT2D eigenvalue weighted by Crippen LogP contribution is -2.59. The minimum absolute atomic E-state index is 0.113. The van der Waals surface area contributed by atoms with Crippen LogP contribution in [-0.2, 0) is 19.1 Å². The highest BCUT2D eigenvalue weighted by Crippen LogP contribution is 2.60. The van der Waals surface area contributed by atoms with Crippen LogP contribution in [0.4, 0.5) is 0 Å². The second-order valence-corrected chi connectivity index (χ2v) is 9.77. The zero-order chi connectivity index (χ0) is 19.1. The van der Waals surface area contributed by atoms with E-state index in [9.17, 15) is 9.59 Å². The molecule has 0 amide bonds. The Balaban J connectivity index is 1.60. The van der Waals surface area contributed by atoms with Gasteiger partial charge in [0.25, 0.3) is 0 Å². The highest BCUT2D eigenvalue weighted by atomic mass is 16.6. The fourth-order valence-corrected chi connectivity index (χ4v) is 5.69. The van der Waals surface area contributed by atoms with Crippen molar-refractivity contribution in [2.24, 2.45) is 35.0 Å². The average Bonchev–Trinajstić information content (AvgIpc) is 2.61. The first kappa shape index (κ1) is 19.7. The van der Waals surface area contributed by atoms with Crippen molar-refractivity contribution in [1.29, 1.82) is 0 Å². The van der Waals surface area contributed by atoms with Gasteiger partial charge in [0.15, 0.2) is 0 Å². The number of hydrogen-bond acceptors (Lipinski definition) is 4. The Hall–Kier alpha value is -1.06. The van der Waals surface area contributed by atoms with Gasteiger partial charge in [0, 0.05) is 0 Å². The number of carbonyl (C=O) groups excluding carboxylic acids is 2. The molecule has 0 saturated heterocycles. The maximum Gasteiger partial charge on any atom is 0.312 e. The van der Waals surface area contributed by atoms with Crippen LogP contribution < -0.4 is 0 Å². The topological polar surface area (TPSA) is 52.6 Å². The van der Waals surface area contributed by atoms with Gasteiger partial charge in [-0.2, -0.15) is 0 Å². The maximum atomic E-state index is 12.8. The average molecular weight is 365 g/mol. The summed E-state index contributed by atoms with van der Waals surface area (Å²) in [5, 5.41) is 0. The summed E-state index contributed by atoms with van der Waals surface area (Å²) in [7, 11) is 0. The molecule has 1 unspecified atom stereocenters. The normalized spacial score (nSPS) is 36.7. The molecule has 4 aliphatic rings. The van der Waals surface area contributed by atoms with Gasteiger partial charge in [0.1, 0.15) is 12.2 Å². The third-order valence-corrected chi connectivity index (χ3v) is 7.67. The van der Waals surface area contributed by atoms with E-state index in [0.717, 1.165) is 24.7 Å². The van der Waals surface area contributed by atoms with Gasteiger partial charge in [0.2, 0.25) is 0 Å². The third-order valence-electron chi connectivity index (χ3n) is 7.67. The summed E-state index contributed by atoms with van der Waals surface area (Å²) in [6.45, 7) is 9.81. The van der Waals surface area contributed by atoms with Gasteiger partial charge in [0.05, 0.1) is 11.3 Å². The summed E-state index contributed by atoms with van der Waals surface area (Å²) in [5.41, 5.74) is -0.777. The molecule has 4 heteroatoms. The molecule has 4 bridgehead atoms. The Morgan fingerprint density at radius 3 is 2.04 bits per heavy atom. The summed E-state index contributed by atoms with van der Waals surface area (Å²) >= 11 is 0. The van der Waals surface area contributed by atoms with E-state index >= 15 is 0 Å². The summed E-state index contributed by atoms with van der Waals surface area (Å²) < 4.78 is 11.7. The Morgan fingerprint density at radius 2 is 1.58 bits per heavy atom. The van der Waals surface area contributed by atoms with E-state index in [0.29, 0.717) is 11.8 Å². The number of rotatable bonds is 7. The number of esters is 2. The van der Waals surface area contributed by atoms with Crippen molar-refractivity contribution in [3.8, 4) is 0 Å². The van der Waals surface area contributed by atoms with Crippen molar-refractivity contribution < 1.29 is 19.1 Å². The lowest BCUT2D eigenvalue weighted by Gasteiger charge is -2.60. The quantitative estimate of drug-likeness (QED) is 0.612. The molecule has 4 saturated carbocycles. The molecule has 0 aromatic carbocycles. The molecular formula is C22H36O4. The monoisotopic (exact) mass is 364 g/mol. The first-order valence-corrected chi connectivity index (χ1v) is 10.6. The third kappa shape index (κ3) is 3.41. The van der Waals surface area contributed by atoms with Gasteiger partial charge >= 0.3 is 11.9 Å². The van der Waals surface area contributed by atoms with E-state index < -0.39 is 11.3 Å². The zero-order valence-electron chi connectivity index (χ0n) is 17.2. The Labute approximate surface area is 158 Å². The molecule has 26 heavy (non-hydrogen) atoms. The van der Waals surface area contributed by atoms with E-state index in [4.69, 9.17) is 9.47 Å². The second-order valence-electron chi connectivity index (χ2n) is 9.77. The van der Waals surface area contributed by atoms with Gasteiger partial charge in [-0.15, -0.1) is 0 Å². The van der Waals surface area contributed by atoms with Crippen LogP contribution in [0.1, 0.15) is 79.6 Å². The number of ether oxygens (including phenoxy) is 2. The molecule has 4 aliphatic carbocycles. The fraction of sp³-hybridized carbons (Fsp3) is 0.909. The largest absolute Gasteiger partial charge is 0.464 e. The van der Waals surface area contributed by atoms with Crippen molar-refractivity contribution >= 4 is 11.9 Å². The number of carbonyl (C=O) groups is 2. The molecule has 0 N–H and O–H groups in total. The van der Waals surface area contributed by atoms with Crippen LogP contribution in [0.3, 0.4) is 0 Å². The van der Waals surface area contributed by atoms with Crippen molar-refractivity contribution in [2.45, 2.75) is 85.2 Å². The maximum absolute atomic E-state index is 12.8. The minimum Gasteiger partial charge on any atom is -0.464 e. The van der Waals surface area contributed by atoms with E-state index in [1.165, 1.54) is 32.1 Å². The van der Waals surface area contributed by atoms with Crippen LogP contribution in [0.5, 0.6) is 0 Å². The smallest absolute Gasteiger partial charge is 0.312 e. The molecule has 4 fully saturated rings. The molecule has 0 aromatic rings. The summed E-state index contributed by atoms with van der Waals surface area (Å²) in [4.78, 5) is 25.0. The fourth-order valence-electron chi connectivity index (χ4n) is 5.69. The predicted molar refractivity (Wildman–Crippen MR) is 100 cm³/mol. The van der Waals surface area contributed by atoms with Crippen LogP contribution in [0.25, 0.3) is 0 Å². The van der Waals surface area contributed by atoms with E-state index in [1.807, 2.05) is 27.7 Å². The SMILES string of the molecule is CCC(C)(C)C(=O)OCC(C)C(=O)OC1(CC)C2CC3CC(C2)CC1C3. The van der Waals surface area contributed by atoms with Crippen LogP contribution in [0.15, 0.2) is 0 Å². The molecule has 1 atom stereocenters. The van der Waals surface area contributed by atoms with Gasteiger partial charge in [-0.05, 0) is 89.4 Å². The molecule has 148 valence electrons. The second kappa shape index (κ2) is 7.16. The highest BCUT2D eigenvalue weighted by molar-refractivity contribution is 5.77. The van der Waals surface area contributed by atoms with Crippen LogP contribution in [-0.4, -0.2) is 24.1 Å². The van der Waals surface area contributed by atoms with Crippen molar-refractivity contribution in [3.63, 3.8) is 0 Å². The predicted octanol–water partition coefficient (Wildman–Crippen LogP) is 4.75. The molecule has 0 radical (unpaired) electrons. The molecule has 0 heterocycles. The molecular weight excluding hydrogens is 328 g/mol. The lowest BCUT2D eigenvalue weighted by molar-refractivity contribution is -0.215. The summed E-state index contributed by atoms with van der Waals surface area (Å²) in [5.74, 6) is 1.92. The standard InChI is InChI=1S/C22H36O4/c1-6-21(4,5)20(24)25-13-14(3)19(23)26-22(7-2)17-9-15-8-16(11-17)12-18(22)10-15/h14-18H,6-13H2,1-5H3. The number of hydrogen-bond donors (Lipinski definition) is 0. The van der Waals surface area contributed by atoms with E-state index in [-0.39, 0.29) is 24.1 Å². The first-order chi connectivity index (χ1) is 12.2. The van der Waals surface area contributed by atoms with Gasteiger partial charge < -0.3 is 9.47 Å².